The second kappa shape index (κ2) is 7.40. The second-order valence-electron chi connectivity index (χ2n) is 7.83. The minimum atomic E-state index is -4.43. The molecule has 0 atom stereocenters. The Morgan fingerprint density at radius 1 is 0.969 bits per heavy atom. The van der Waals surface area contributed by atoms with E-state index < -0.39 is 11.7 Å². The van der Waals surface area contributed by atoms with Gasteiger partial charge in [0.15, 0.2) is 0 Å². The van der Waals surface area contributed by atoms with E-state index in [-0.39, 0.29) is 11.5 Å². The molecule has 0 N–H and O–H groups in total. The number of halogens is 3. The van der Waals surface area contributed by atoms with E-state index in [0.717, 1.165) is 40.5 Å². The molecular weight excluding hydrogens is 417 g/mol. The zero-order valence-corrected chi connectivity index (χ0v) is 17.2. The fourth-order valence-corrected chi connectivity index (χ4v) is 4.01. The Balaban J connectivity index is 1.48. The van der Waals surface area contributed by atoms with Crippen molar-refractivity contribution in [2.75, 3.05) is 0 Å². The van der Waals surface area contributed by atoms with E-state index in [1.807, 2.05) is 65.0 Å². The van der Waals surface area contributed by atoms with Crippen LogP contribution in [0.15, 0.2) is 73.1 Å². The molecule has 1 aliphatic rings. The lowest BCUT2D eigenvalue weighted by atomic mass is 10.1. The average Bonchev–Trinajstić information content (AvgIpc) is 3.48. The van der Waals surface area contributed by atoms with Gasteiger partial charge in [0.1, 0.15) is 5.82 Å². The highest BCUT2D eigenvalue weighted by molar-refractivity contribution is 5.94. The van der Waals surface area contributed by atoms with Gasteiger partial charge in [-0.15, -0.1) is 0 Å². The number of fused-ring (bicyclic) bond motifs is 1. The smallest absolute Gasteiger partial charge is 0.328 e. The highest BCUT2D eigenvalue weighted by Gasteiger charge is 2.33. The molecule has 5 nitrogen and oxygen atoms in total. The van der Waals surface area contributed by atoms with Gasteiger partial charge in [0.25, 0.3) is 5.91 Å². The van der Waals surface area contributed by atoms with Gasteiger partial charge >= 0.3 is 6.18 Å². The summed E-state index contributed by atoms with van der Waals surface area (Å²) in [6.45, 7) is 2.64. The van der Waals surface area contributed by atoms with Crippen molar-refractivity contribution in [3.8, 4) is 11.5 Å². The molecule has 0 saturated carbocycles. The quantitative estimate of drug-likeness (QED) is 0.446. The first kappa shape index (κ1) is 20.1. The molecule has 0 aliphatic carbocycles. The molecule has 32 heavy (non-hydrogen) atoms. The molecular formula is C24H19F3N4O. The SMILES string of the molecule is Cc1cccc(-n2nc3c(c2-n2cccc2)CN(C(=O)c2ccc(C(F)(F)F)cc2)C3)c1. The van der Waals surface area contributed by atoms with Crippen molar-refractivity contribution < 1.29 is 18.0 Å². The van der Waals surface area contributed by atoms with Crippen molar-refractivity contribution in [1.82, 2.24) is 19.2 Å². The van der Waals surface area contributed by atoms with Crippen LogP contribution in [0.5, 0.6) is 0 Å². The Morgan fingerprint density at radius 3 is 2.34 bits per heavy atom. The van der Waals surface area contributed by atoms with E-state index >= 15 is 0 Å². The summed E-state index contributed by atoms with van der Waals surface area (Å²) in [5.74, 6) is 0.524. The zero-order chi connectivity index (χ0) is 22.5. The molecule has 0 saturated heterocycles. The van der Waals surface area contributed by atoms with Gasteiger partial charge in [-0.2, -0.15) is 18.3 Å². The van der Waals surface area contributed by atoms with Crippen LogP contribution in [-0.2, 0) is 19.3 Å². The van der Waals surface area contributed by atoms with Crippen molar-refractivity contribution in [2.45, 2.75) is 26.2 Å². The predicted molar refractivity (Wildman–Crippen MR) is 113 cm³/mol. The van der Waals surface area contributed by atoms with Gasteiger partial charge in [0, 0.05) is 23.5 Å². The number of carbonyl (C=O) groups excluding carboxylic acids is 1. The lowest BCUT2D eigenvalue weighted by Crippen LogP contribution is -2.26. The molecule has 2 aromatic heterocycles. The van der Waals surface area contributed by atoms with E-state index in [1.54, 1.807) is 4.90 Å². The van der Waals surface area contributed by atoms with Crippen molar-refractivity contribution in [1.29, 1.82) is 0 Å². The third-order valence-corrected chi connectivity index (χ3v) is 5.57. The average molecular weight is 436 g/mol. The molecule has 2 aromatic carbocycles. The number of nitrogens with zero attached hydrogens (tertiary/aromatic N) is 4. The molecule has 162 valence electrons. The minimum Gasteiger partial charge on any atom is -0.328 e. The van der Waals surface area contributed by atoms with Crippen molar-refractivity contribution in [3.63, 3.8) is 0 Å². The van der Waals surface area contributed by atoms with Crippen LogP contribution in [0.2, 0.25) is 0 Å². The Kier molecular flexibility index (Phi) is 4.65. The molecule has 0 spiro atoms. The summed E-state index contributed by atoms with van der Waals surface area (Å²) in [5, 5.41) is 4.78. The van der Waals surface area contributed by atoms with Crippen LogP contribution >= 0.6 is 0 Å². The largest absolute Gasteiger partial charge is 0.416 e. The van der Waals surface area contributed by atoms with Gasteiger partial charge in [-0.3, -0.25) is 4.79 Å². The Bertz CT molecular complexity index is 1290. The van der Waals surface area contributed by atoms with E-state index in [2.05, 4.69) is 0 Å². The van der Waals surface area contributed by atoms with Gasteiger partial charge in [0.2, 0.25) is 0 Å². The number of amides is 1. The first-order chi connectivity index (χ1) is 15.3. The first-order valence-corrected chi connectivity index (χ1v) is 10.1. The molecule has 0 fully saturated rings. The van der Waals surface area contributed by atoms with Crippen LogP contribution in [0.1, 0.15) is 32.7 Å². The first-order valence-electron chi connectivity index (χ1n) is 10.1. The summed E-state index contributed by atoms with van der Waals surface area (Å²) < 4.78 is 42.3. The van der Waals surface area contributed by atoms with Gasteiger partial charge in [0.05, 0.1) is 30.0 Å². The van der Waals surface area contributed by atoms with E-state index in [9.17, 15) is 18.0 Å². The summed E-state index contributed by atoms with van der Waals surface area (Å²) in [4.78, 5) is 14.6. The van der Waals surface area contributed by atoms with Gasteiger partial charge in [-0.1, -0.05) is 12.1 Å². The summed E-state index contributed by atoms with van der Waals surface area (Å²) in [7, 11) is 0. The summed E-state index contributed by atoms with van der Waals surface area (Å²) >= 11 is 0. The lowest BCUT2D eigenvalue weighted by Gasteiger charge is -2.18. The third kappa shape index (κ3) is 3.47. The molecule has 0 bridgehead atoms. The number of hydrogen-bond donors (Lipinski definition) is 0. The summed E-state index contributed by atoms with van der Waals surface area (Å²) in [6, 6.07) is 16.2. The van der Waals surface area contributed by atoms with Crippen LogP contribution in [0.25, 0.3) is 11.5 Å². The van der Waals surface area contributed by atoms with Crippen molar-refractivity contribution in [3.05, 3.63) is 101 Å². The highest BCUT2D eigenvalue weighted by atomic mass is 19.4. The van der Waals surface area contributed by atoms with E-state index in [0.29, 0.717) is 13.1 Å². The van der Waals surface area contributed by atoms with Crippen LogP contribution < -0.4 is 0 Å². The number of benzene rings is 2. The highest BCUT2D eigenvalue weighted by Crippen LogP contribution is 2.32. The molecule has 1 amide bonds. The normalized spacial score (nSPS) is 13.4. The minimum absolute atomic E-state index is 0.220. The molecule has 3 heterocycles. The second-order valence-corrected chi connectivity index (χ2v) is 7.83. The maximum absolute atomic E-state index is 13.0. The number of rotatable bonds is 3. The molecule has 1 aliphatic heterocycles. The number of aryl methyl sites for hydroxylation is 1. The van der Waals surface area contributed by atoms with Crippen molar-refractivity contribution >= 4 is 5.91 Å². The van der Waals surface area contributed by atoms with Crippen LogP contribution in [-0.4, -0.2) is 25.2 Å². The number of aromatic nitrogens is 3. The van der Waals surface area contributed by atoms with Gasteiger partial charge < -0.3 is 9.47 Å². The maximum atomic E-state index is 13.0. The number of carbonyl (C=O) groups is 1. The van der Waals surface area contributed by atoms with Gasteiger partial charge in [-0.25, -0.2) is 4.68 Å². The molecule has 5 rings (SSSR count). The predicted octanol–water partition coefficient (Wildman–Crippen LogP) is 5.15. The summed E-state index contributed by atoms with van der Waals surface area (Å²) in [5.41, 5.74) is 3.17. The van der Waals surface area contributed by atoms with Crippen LogP contribution in [0.4, 0.5) is 13.2 Å². The Morgan fingerprint density at radius 2 is 1.69 bits per heavy atom. The Hall–Kier alpha value is -3.81. The van der Waals surface area contributed by atoms with E-state index in [1.165, 1.54) is 12.1 Å². The maximum Gasteiger partial charge on any atom is 0.416 e. The van der Waals surface area contributed by atoms with Crippen LogP contribution in [0.3, 0.4) is 0 Å². The fraction of sp³-hybridized carbons (Fsp3) is 0.167. The standard InChI is InChI=1S/C24H19F3N4O/c1-16-5-4-6-19(13-16)31-22(29-11-2-3-12-29)20-14-30(15-21(20)28-31)23(32)17-7-9-18(10-8-17)24(25,26)27/h2-13H,14-15H2,1H3. The van der Waals surface area contributed by atoms with Gasteiger partial charge in [-0.05, 0) is 61.0 Å². The monoisotopic (exact) mass is 436 g/mol. The fourth-order valence-electron chi connectivity index (χ4n) is 4.01. The summed E-state index contributed by atoms with van der Waals surface area (Å²) in [6.07, 6.45) is -0.593. The number of alkyl halides is 3. The molecule has 4 aromatic rings. The topological polar surface area (TPSA) is 43.1 Å². The lowest BCUT2D eigenvalue weighted by molar-refractivity contribution is -0.137. The molecule has 0 unspecified atom stereocenters. The zero-order valence-electron chi connectivity index (χ0n) is 17.2. The number of hydrogen-bond acceptors (Lipinski definition) is 2. The Labute approximate surface area is 182 Å². The van der Waals surface area contributed by atoms with Crippen LogP contribution in [0, 0.1) is 6.92 Å². The third-order valence-electron chi connectivity index (χ3n) is 5.57. The molecule has 8 heteroatoms. The van der Waals surface area contributed by atoms with Crippen molar-refractivity contribution in [2.24, 2.45) is 0 Å². The van der Waals surface area contributed by atoms with E-state index in [4.69, 9.17) is 5.10 Å². The molecule has 0 radical (unpaired) electrons.